The fourth-order valence-corrected chi connectivity index (χ4v) is 2.91. The Hall–Kier alpha value is -1.14. The van der Waals surface area contributed by atoms with Gasteiger partial charge >= 0.3 is 5.97 Å². The van der Waals surface area contributed by atoms with Crippen LogP contribution in [-0.4, -0.2) is 84.0 Å². The molecule has 2 rings (SSSR count). The van der Waals surface area contributed by atoms with Gasteiger partial charge in [0.05, 0.1) is 13.1 Å². The van der Waals surface area contributed by atoms with Crippen molar-refractivity contribution >= 4 is 11.9 Å². The number of rotatable bonds is 4. The summed E-state index contributed by atoms with van der Waals surface area (Å²) in [7, 11) is 0. The van der Waals surface area contributed by atoms with Crippen LogP contribution in [0.1, 0.15) is 25.7 Å². The van der Waals surface area contributed by atoms with Gasteiger partial charge in [0.15, 0.2) is 0 Å². The molecule has 2 heterocycles. The lowest BCUT2D eigenvalue weighted by Gasteiger charge is -2.34. The highest BCUT2D eigenvalue weighted by atomic mass is 16.4. The lowest BCUT2D eigenvalue weighted by molar-refractivity contribution is -0.139. The molecule has 2 saturated heterocycles. The summed E-state index contributed by atoms with van der Waals surface area (Å²) < 4.78 is 0. The molecule has 0 aromatic carbocycles. The van der Waals surface area contributed by atoms with Crippen molar-refractivity contribution in [3.8, 4) is 0 Å². The van der Waals surface area contributed by atoms with E-state index in [1.54, 1.807) is 0 Å². The second kappa shape index (κ2) is 7.59. The predicted octanol–water partition coefficient (Wildman–Crippen LogP) is 0.0912. The van der Waals surface area contributed by atoms with E-state index >= 15 is 0 Å². The highest BCUT2D eigenvalue weighted by Gasteiger charge is 2.22. The minimum atomic E-state index is -0.779. The number of carbonyl (C=O) groups is 2. The molecule has 6 nitrogen and oxygen atoms in total. The zero-order valence-electron chi connectivity index (χ0n) is 12.1. The summed E-state index contributed by atoms with van der Waals surface area (Å²) in [6.45, 7) is 5.43. The predicted molar refractivity (Wildman–Crippen MR) is 75.6 cm³/mol. The minimum Gasteiger partial charge on any atom is -0.480 e. The number of piperazine rings is 1. The van der Waals surface area contributed by atoms with E-state index in [2.05, 4.69) is 4.90 Å². The van der Waals surface area contributed by atoms with Gasteiger partial charge in [-0.15, -0.1) is 0 Å². The highest BCUT2D eigenvalue weighted by Crippen LogP contribution is 2.10. The summed E-state index contributed by atoms with van der Waals surface area (Å²) >= 11 is 0. The monoisotopic (exact) mass is 283 g/mol. The second-order valence-corrected chi connectivity index (χ2v) is 5.74. The van der Waals surface area contributed by atoms with E-state index in [0.717, 1.165) is 52.1 Å². The van der Waals surface area contributed by atoms with Crippen molar-refractivity contribution in [2.75, 3.05) is 52.4 Å². The van der Waals surface area contributed by atoms with Crippen LogP contribution in [0.5, 0.6) is 0 Å². The highest BCUT2D eigenvalue weighted by molar-refractivity contribution is 5.78. The molecule has 0 bridgehead atoms. The number of likely N-dealkylation sites (tertiary alicyclic amines) is 1. The quantitative estimate of drug-likeness (QED) is 0.792. The molecule has 0 aromatic heterocycles. The third-order valence-electron chi connectivity index (χ3n) is 4.14. The minimum absolute atomic E-state index is 0.105. The average Bonchev–Trinajstić information content (AvgIpc) is 2.69. The van der Waals surface area contributed by atoms with Gasteiger partial charge in [-0.1, -0.05) is 12.8 Å². The molecule has 0 unspecified atom stereocenters. The first kappa shape index (κ1) is 15.3. The van der Waals surface area contributed by atoms with Crippen molar-refractivity contribution in [1.29, 1.82) is 0 Å². The molecular formula is C14H25N3O3. The van der Waals surface area contributed by atoms with Gasteiger partial charge in [-0.25, -0.2) is 0 Å². The zero-order chi connectivity index (χ0) is 14.4. The molecular weight excluding hydrogens is 258 g/mol. The largest absolute Gasteiger partial charge is 0.480 e. The summed E-state index contributed by atoms with van der Waals surface area (Å²) in [4.78, 5) is 29.0. The van der Waals surface area contributed by atoms with Gasteiger partial charge in [0.2, 0.25) is 5.91 Å². The topological polar surface area (TPSA) is 64.1 Å². The third-order valence-corrected chi connectivity index (χ3v) is 4.14. The Morgan fingerprint density at radius 2 is 1.25 bits per heavy atom. The molecule has 0 atom stereocenters. The van der Waals surface area contributed by atoms with Crippen molar-refractivity contribution < 1.29 is 14.7 Å². The zero-order valence-corrected chi connectivity index (χ0v) is 12.1. The lowest BCUT2D eigenvalue weighted by atomic mass is 10.2. The molecule has 2 aliphatic heterocycles. The molecule has 0 spiro atoms. The summed E-state index contributed by atoms with van der Waals surface area (Å²) in [5.74, 6) is -0.544. The molecule has 1 N–H and O–H groups in total. The Kier molecular flexibility index (Phi) is 5.79. The van der Waals surface area contributed by atoms with E-state index in [4.69, 9.17) is 5.11 Å². The molecule has 0 saturated carbocycles. The van der Waals surface area contributed by atoms with Gasteiger partial charge in [-0.2, -0.15) is 0 Å². The second-order valence-electron chi connectivity index (χ2n) is 5.74. The maximum absolute atomic E-state index is 12.3. The Morgan fingerprint density at radius 1 is 0.750 bits per heavy atom. The number of carboxylic acid groups (broad SMARTS) is 1. The molecule has 20 heavy (non-hydrogen) atoms. The smallest absolute Gasteiger partial charge is 0.317 e. The number of amides is 1. The lowest BCUT2D eigenvalue weighted by Crippen LogP contribution is -2.51. The Bertz CT molecular complexity index is 333. The first-order valence-electron chi connectivity index (χ1n) is 7.59. The third kappa shape index (κ3) is 4.76. The Morgan fingerprint density at radius 3 is 1.75 bits per heavy atom. The van der Waals surface area contributed by atoms with Crippen LogP contribution in [0.2, 0.25) is 0 Å². The molecule has 114 valence electrons. The van der Waals surface area contributed by atoms with E-state index in [-0.39, 0.29) is 12.5 Å². The number of carbonyl (C=O) groups excluding carboxylic acids is 1. The molecule has 2 fully saturated rings. The first-order valence-corrected chi connectivity index (χ1v) is 7.59. The SMILES string of the molecule is O=C(O)CN1CCN(CC(=O)N2CCCCCC2)CC1. The number of hydrogen-bond donors (Lipinski definition) is 1. The first-order chi connectivity index (χ1) is 9.65. The van der Waals surface area contributed by atoms with Crippen molar-refractivity contribution in [2.45, 2.75) is 25.7 Å². The van der Waals surface area contributed by atoms with Crippen molar-refractivity contribution in [3.63, 3.8) is 0 Å². The van der Waals surface area contributed by atoms with E-state index in [1.807, 2.05) is 9.80 Å². The van der Waals surface area contributed by atoms with Crippen LogP contribution < -0.4 is 0 Å². The fourth-order valence-electron chi connectivity index (χ4n) is 2.91. The van der Waals surface area contributed by atoms with Gasteiger partial charge in [-0.05, 0) is 12.8 Å². The van der Waals surface area contributed by atoms with Crippen LogP contribution in [0.15, 0.2) is 0 Å². The Balaban J connectivity index is 1.71. The maximum atomic E-state index is 12.3. The number of hydrogen-bond acceptors (Lipinski definition) is 4. The number of aliphatic carboxylic acids is 1. The van der Waals surface area contributed by atoms with Crippen LogP contribution in [0.3, 0.4) is 0 Å². The number of carboxylic acids is 1. The summed E-state index contributed by atoms with van der Waals surface area (Å²) in [6.07, 6.45) is 4.71. The standard InChI is InChI=1S/C14H25N3O3/c18-13(17-5-3-1-2-4-6-17)11-15-7-9-16(10-8-15)12-14(19)20/h1-12H2,(H,19,20). The van der Waals surface area contributed by atoms with Crippen molar-refractivity contribution in [2.24, 2.45) is 0 Å². The van der Waals surface area contributed by atoms with Crippen LogP contribution in [0.4, 0.5) is 0 Å². The molecule has 0 radical (unpaired) electrons. The fraction of sp³-hybridized carbons (Fsp3) is 0.857. The van der Waals surface area contributed by atoms with Crippen LogP contribution in [0.25, 0.3) is 0 Å². The normalized spacial score (nSPS) is 22.5. The number of nitrogens with zero attached hydrogens (tertiary/aromatic N) is 3. The van der Waals surface area contributed by atoms with Crippen LogP contribution in [0, 0.1) is 0 Å². The van der Waals surface area contributed by atoms with Gasteiger partial charge in [0, 0.05) is 39.3 Å². The van der Waals surface area contributed by atoms with Crippen LogP contribution in [-0.2, 0) is 9.59 Å². The van der Waals surface area contributed by atoms with Gasteiger partial charge in [-0.3, -0.25) is 19.4 Å². The van der Waals surface area contributed by atoms with Gasteiger partial charge < -0.3 is 10.0 Å². The van der Waals surface area contributed by atoms with Gasteiger partial charge in [0.25, 0.3) is 0 Å². The van der Waals surface area contributed by atoms with E-state index < -0.39 is 5.97 Å². The molecule has 2 aliphatic rings. The summed E-state index contributed by atoms with van der Waals surface area (Å²) in [6, 6.07) is 0. The Labute approximate surface area is 120 Å². The van der Waals surface area contributed by atoms with E-state index in [9.17, 15) is 9.59 Å². The van der Waals surface area contributed by atoms with E-state index in [1.165, 1.54) is 12.8 Å². The van der Waals surface area contributed by atoms with Crippen molar-refractivity contribution in [3.05, 3.63) is 0 Å². The molecule has 1 amide bonds. The molecule has 6 heteroatoms. The van der Waals surface area contributed by atoms with Crippen LogP contribution >= 0.6 is 0 Å². The van der Waals surface area contributed by atoms with E-state index in [0.29, 0.717) is 6.54 Å². The van der Waals surface area contributed by atoms with Crippen molar-refractivity contribution in [1.82, 2.24) is 14.7 Å². The average molecular weight is 283 g/mol. The maximum Gasteiger partial charge on any atom is 0.317 e. The van der Waals surface area contributed by atoms with Gasteiger partial charge in [0.1, 0.15) is 0 Å². The summed E-state index contributed by atoms with van der Waals surface area (Å²) in [5, 5.41) is 8.76. The molecule has 0 aromatic rings. The molecule has 0 aliphatic carbocycles. The summed E-state index contributed by atoms with van der Waals surface area (Å²) in [5.41, 5.74) is 0.